The molecule has 0 bridgehead atoms. The molecule has 1 radical (unpaired) electrons. The van der Waals surface area contributed by atoms with Crippen LogP contribution in [0.15, 0.2) is 126 Å². The van der Waals surface area contributed by atoms with E-state index in [0.29, 0.717) is 0 Å². The van der Waals surface area contributed by atoms with Crippen molar-refractivity contribution in [2.45, 2.75) is 0 Å². The third-order valence-corrected chi connectivity index (χ3v) is 7.14. The third-order valence-electron chi connectivity index (χ3n) is 7.14. The van der Waals surface area contributed by atoms with Crippen LogP contribution in [0.25, 0.3) is 66.5 Å². The molecule has 0 spiro atoms. The van der Waals surface area contributed by atoms with E-state index in [1.807, 2.05) is 48.8 Å². The van der Waals surface area contributed by atoms with Gasteiger partial charge in [-0.2, -0.15) is 0 Å². The van der Waals surface area contributed by atoms with Gasteiger partial charge in [0.1, 0.15) is 11.2 Å². The number of fused-ring (bicyclic) bond motifs is 6. The molecule has 0 saturated carbocycles. The van der Waals surface area contributed by atoms with Crippen molar-refractivity contribution in [1.82, 2.24) is 14.1 Å². The molecule has 3 heterocycles. The number of rotatable bonds is 3. The smallest absolute Gasteiger partial charge is 0.137 e. The summed E-state index contributed by atoms with van der Waals surface area (Å²) in [6, 6.07) is 41.2. The Morgan fingerprint density at radius 2 is 1.45 bits per heavy atom. The summed E-state index contributed by atoms with van der Waals surface area (Å²) in [5.74, 6) is 0.844. The van der Waals surface area contributed by atoms with Gasteiger partial charge in [-0.3, -0.25) is 4.98 Å². The number of para-hydroxylation sites is 3. The van der Waals surface area contributed by atoms with Crippen LogP contribution in [0.5, 0.6) is 0 Å². The number of hydrogen-bond acceptors (Lipinski definition) is 2. The molecule has 0 aliphatic carbocycles. The van der Waals surface area contributed by atoms with Gasteiger partial charge in [0.05, 0.1) is 11.2 Å². The average molecular weight is 667 g/mol. The van der Waals surface area contributed by atoms with E-state index >= 15 is 0 Å². The van der Waals surface area contributed by atoms with E-state index in [-0.39, 0.29) is 20.1 Å². The number of furan rings is 1. The molecule has 0 amide bonds. The Morgan fingerprint density at radius 3 is 2.34 bits per heavy atom. The van der Waals surface area contributed by atoms with Gasteiger partial charge in [0.25, 0.3) is 0 Å². The second-order valence-corrected chi connectivity index (χ2v) is 9.20. The summed E-state index contributed by atoms with van der Waals surface area (Å²) in [7, 11) is 0. The van der Waals surface area contributed by atoms with Crippen LogP contribution in [0.1, 0.15) is 0 Å². The molecule has 0 N–H and O–H groups in total. The Morgan fingerprint density at radius 1 is 0.684 bits per heavy atom. The summed E-state index contributed by atoms with van der Waals surface area (Å²) in [5.41, 5.74) is 7.16. The first-order chi connectivity index (χ1) is 18.4. The van der Waals surface area contributed by atoms with E-state index in [1.165, 1.54) is 16.3 Å². The Bertz CT molecular complexity index is 2100. The number of hydrogen-bond donors (Lipinski definition) is 0. The fourth-order valence-corrected chi connectivity index (χ4v) is 5.55. The number of nitrogens with zero attached hydrogens (tertiary/aromatic N) is 3. The maximum atomic E-state index is 6.14. The third kappa shape index (κ3) is 3.30. The molecule has 3 aromatic heterocycles. The van der Waals surface area contributed by atoms with Gasteiger partial charge in [-0.25, -0.2) is 0 Å². The Balaban J connectivity index is 0.00000242. The van der Waals surface area contributed by atoms with Crippen molar-refractivity contribution in [1.29, 1.82) is 0 Å². The van der Waals surface area contributed by atoms with Crippen LogP contribution in [0.3, 0.4) is 0 Å². The van der Waals surface area contributed by atoms with E-state index in [2.05, 4.69) is 88.0 Å². The van der Waals surface area contributed by atoms with Crippen LogP contribution in [-0.4, -0.2) is 14.1 Å². The molecule has 8 rings (SSSR count). The molecule has 5 aromatic carbocycles. The standard InChI is InChI=1S/C33H20N3O.Ir/c1-2-9-23(10-3-1)36-27-13-6-4-11-24(27)26-21-22(17-18-28(26)36)33-34-19-20-35(33)29-14-8-16-31-32(29)25-12-5-7-15-30(25)37-31;/h1-16,18-21H;/q-1;. The van der Waals surface area contributed by atoms with Gasteiger partial charge >= 0.3 is 0 Å². The summed E-state index contributed by atoms with van der Waals surface area (Å²) in [6.07, 6.45) is 3.86. The van der Waals surface area contributed by atoms with Crippen LogP contribution < -0.4 is 0 Å². The van der Waals surface area contributed by atoms with Crippen molar-refractivity contribution >= 4 is 43.7 Å². The first-order valence-corrected chi connectivity index (χ1v) is 12.3. The number of benzene rings is 5. The van der Waals surface area contributed by atoms with E-state index < -0.39 is 0 Å². The van der Waals surface area contributed by atoms with Gasteiger partial charge in [-0.05, 0) is 47.3 Å². The topological polar surface area (TPSA) is 35.9 Å². The Hall–Kier alpha value is -4.44. The van der Waals surface area contributed by atoms with E-state index in [0.717, 1.165) is 50.2 Å². The second-order valence-electron chi connectivity index (χ2n) is 9.20. The molecule has 0 atom stereocenters. The minimum atomic E-state index is 0. The number of imidazole rings is 1. The zero-order valence-corrected chi connectivity index (χ0v) is 22.5. The molecule has 0 saturated heterocycles. The summed E-state index contributed by atoms with van der Waals surface area (Å²) >= 11 is 0. The summed E-state index contributed by atoms with van der Waals surface area (Å²) in [6.45, 7) is 0. The first kappa shape index (κ1) is 22.7. The Kier molecular flexibility index (Phi) is 5.29. The van der Waals surface area contributed by atoms with Crippen LogP contribution in [-0.2, 0) is 20.1 Å². The average Bonchev–Trinajstić information content (AvgIpc) is 3.67. The van der Waals surface area contributed by atoms with Gasteiger partial charge in [0, 0.05) is 54.8 Å². The van der Waals surface area contributed by atoms with Crippen molar-refractivity contribution < 1.29 is 24.5 Å². The van der Waals surface area contributed by atoms with E-state index in [9.17, 15) is 0 Å². The second kappa shape index (κ2) is 8.84. The Labute approximate surface area is 232 Å². The molecular weight excluding hydrogens is 647 g/mol. The minimum Gasteiger partial charge on any atom is -0.456 e. The predicted molar refractivity (Wildman–Crippen MR) is 149 cm³/mol. The normalized spacial score (nSPS) is 11.5. The maximum absolute atomic E-state index is 6.14. The minimum absolute atomic E-state index is 0. The molecule has 0 fully saturated rings. The zero-order valence-electron chi connectivity index (χ0n) is 20.1. The molecule has 0 aliphatic rings. The molecule has 8 aromatic rings. The molecule has 38 heavy (non-hydrogen) atoms. The zero-order chi connectivity index (χ0) is 24.3. The van der Waals surface area contributed by atoms with E-state index in [1.54, 1.807) is 0 Å². The molecule has 183 valence electrons. The fraction of sp³-hybridized carbons (Fsp3) is 0. The van der Waals surface area contributed by atoms with E-state index in [4.69, 9.17) is 9.40 Å². The van der Waals surface area contributed by atoms with Crippen LogP contribution >= 0.6 is 0 Å². The van der Waals surface area contributed by atoms with Gasteiger partial charge in [0.15, 0.2) is 0 Å². The van der Waals surface area contributed by atoms with Crippen molar-refractivity contribution in [2.24, 2.45) is 0 Å². The summed E-state index contributed by atoms with van der Waals surface area (Å²) in [4.78, 5) is 4.78. The van der Waals surface area contributed by atoms with Crippen LogP contribution in [0, 0.1) is 6.07 Å². The maximum Gasteiger partial charge on any atom is 0.137 e. The molecular formula is C33H20IrN3O-. The van der Waals surface area contributed by atoms with Crippen molar-refractivity contribution in [3.05, 3.63) is 128 Å². The van der Waals surface area contributed by atoms with Crippen LogP contribution in [0.4, 0.5) is 0 Å². The first-order valence-electron chi connectivity index (χ1n) is 12.3. The monoisotopic (exact) mass is 667 g/mol. The van der Waals surface area contributed by atoms with Crippen molar-refractivity contribution in [2.75, 3.05) is 0 Å². The SMILES string of the molecule is [Ir].[c-]1cc2c(cc1-c1nccn1-c1cccc3oc4ccccc4c13)c1ccccc1n2-c1ccccc1. The van der Waals surface area contributed by atoms with Crippen molar-refractivity contribution in [3.8, 4) is 22.8 Å². The molecule has 4 nitrogen and oxygen atoms in total. The quantitative estimate of drug-likeness (QED) is 0.178. The molecule has 5 heteroatoms. The summed E-state index contributed by atoms with van der Waals surface area (Å²) < 4.78 is 10.6. The molecule has 0 aliphatic heterocycles. The predicted octanol–water partition coefficient (Wildman–Crippen LogP) is 8.33. The van der Waals surface area contributed by atoms with Crippen LogP contribution in [0.2, 0.25) is 0 Å². The van der Waals surface area contributed by atoms with Gasteiger partial charge in [0.2, 0.25) is 0 Å². The molecule has 0 unspecified atom stereocenters. The van der Waals surface area contributed by atoms with Gasteiger partial charge < -0.3 is 13.6 Å². The number of aromatic nitrogens is 3. The van der Waals surface area contributed by atoms with Gasteiger partial charge in [-0.15, -0.1) is 23.8 Å². The van der Waals surface area contributed by atoms with Gasteiger partial charge in [-0.1, -0.05) is 66.0 Å². The van der Waals surface area contributed by atoms with Crippen molar-refractivity contribution in [3.63, 3.8) is 0 Å². The fourth-order valence-electron chi connectivity index (χ4n) is 5.55. The summed E-state index contributed by atoms with van der Waals surface area (Å²) in [5, 5.41) is 4.56. The largest absolute Gasteiger partial charge is 0.456 e.